The van der Waals surface area contributed by atoms with Crippen molar-refractivity contribution in [3.05, 3.63) is 17.9 Å². The van der Waals surface area contributed by atoms with Crippen LogP contribution in [-0.2, 0) is 19.1 Å². The monoisotopic (exact) mass is 554 g/mol. The second kappa shape index (κ2) is 10.0. The van der Waals surface area contributed by atoms with Gasteiger partial charge in [0, 0.05) is 0 Å². The minimum absolute atomic E-state index is 0.0566. The van der Waals surface area contributed by atoms with Crippen molar-refractivity contribution in [1.82, 2.24) is 0 Å². The van der Waals surface area contributed by atoms with Crippen LogP contribution < -0.4 is 0 Å². The second-order valence-corrected chi connectivity index (χ2v) is 15.6. The highest BCUT2D eigenvalue weighted by molar-refractivity contribution is 5.81. The summed E-state index contributed by atoms with van der Waals surface area (Å²) in [6, 6.07) is 0. The van der Waals surface area contributed by atoms with E-state index in [-0.39, 0.29) is 58.8 Å². The lowest BCUT2D eigenvalue weighted by molar-refractivity contribution is -0.248. The van der Waals surface area contributed by atoms with Gasteiger partial charge >= 0.3 is 11.9 Å². The van der Waals surface area contributed by atoms with E-state index in [0.29, 0.717) is 17.8 Å². The Hall–Kier alpha value is -1.58. The van der Waals surface area contributed by atoms with Crippen LogP contribution in [0.25, 0.3) is 0 Å². The molecule has 5 heteroatoms. The predicted octanol–water partition coefficient (Wildman–Crippen LogP) is 7.27. The Morgan fingerprint density at radius 3 is 2.27 bits per heavy atom. The van der Waals surface area contributed by atoms with Crippen LogP contribution in [0.2, 0.25) is 0 Å². The first-order valence-electron chi connectivity index (χ1n) is 16.1. The van der Waals surface area contributed by atoms with E-state index in [4.69, 9.17) is 9.47 Å². The number of aliphatic hydroxyl groups excluding tert-OH is 1. The molecule has 5 aliphatic carbocycles. The molecule has 0 aromatic carbocycles. The van der Waals surface area contributed by atoms with Crippen LogP contribution in [0.1, 0.15) is 113 Å². The normalized spacial score (nSPS) is 47.0. The van der Waals surface area contributed by atoms with E-state index in [9.17, 15) is 14.7 Å². The number of esters is 2. The van der Waals surface area contributed by atoms with Crippen LogP contribution in [0.15, 0.2) is 17.9 Å². The third-order valence-corrected chi connectivity index (χ3v) is 14.3. The van der Waals surface area contributed by atoms with Crippen LogP contribution in [0.3, 0.4) is 0 Å². The summed E-state index contributed by atoms with van der Waals surface area (Å²) in [5.74, 6) is 1.35. The maximum absolute atomic E-state index is 14.0. The van der Waals surface area contributed by atoms with Crippen LogP contribution in [-0.4, -0.2) is 36.4 Å². The molecule has 40 heavy (non-hydrogen) atoms. The summed E-state index contributed by atoms with van der Waals surface area (Å²) < 4.78 is 10.8. The van der Waals surface area contributed by atoms with Crippen LogP contribution in [0.4, 0.5) is 0 Å². The van der Waals surface area contributed by atoms with Crippen molar-refractivity contribution in [1.29, 1.82) is 0 Å². The van der Waals surface area contributed by atoms with Gasteiger partial charge in [-0.05, 0) is 135 Å². The lowest BCUT2D eigenvalue weighted by atomic mass is 9.32. The number of allylic oxidation sites excluding steroid dienone is 1. The second-order valence-electron chi connectivity index (χ2n) is 15.6. The first-order chi connectivity index (χ1) is 18.7. The molecule has 0 aromatic rings. The average Bonchev–Trinajstić information content (AvgIpc) is 3.31. The zero-order valence-electron chi connectivity index (χ0n) is 26.2. The zero-order chi connectivity index (χ0) is 29.3. The van der Waals surface area contributed by atoms with Gasteiger partial charge < -0.3 is 14.6 Å². The molecule has 0 radical (unpaired) electrons. The first kappa shape index (κ1) is 29.9. The smallest absolute Gasteiger partial charge is 0.344 e. The molecular weight excluding hydrogens is 500 g/mol. The summed E-state index contributed by atoms with van der Waals surface area (Å²) in [5.41, 5.74) is 4.29. The van der Waals surface area contributed by atoms with Gasteiger partial charge in [-0.2, -0.15) is 0 Å². The Labute approximate surface area is 242 Å². The standard InChI is InChI=1S/C35H54O5/c1-9-22(3)23-13-18-35(30(38)40-21-28(37)39-10-2)20-19-33(7)24(29(23)35)11-12-26-32(6)16-15-27(36)31(4,5)25(32)14-17-34(26,33)8/h23-27,29,36H,1,10-21H2,2-8H3. The highest BCUT2D eigenvalue weighted by atomic mass is 16.6. The van der Waals surface area contributed by atoms with Crippen molar-refractivity contribution in [2.24, 2.45) is 56.7 Å². The highest BCUT2D eigenvalue weighted by Gasteiger charge is 2.72. The fourth-order valence-electron chi connectivity index (χ4n) is 12.0. The molecule has 0 heterocycles. The number of rotatable bonds is 5. The van der Waals surface area contributed by atoms with Crippen molar-refractivity contribution in [3.63, 3.8) is 0 Å². The SMILES string of the molecule is C=C=C(C)C1CCC2(C(=O)OCC(=O)OCC)CCC3(C)C(CCC4C5(C)CCC(O)C(C)(C)C5CCC43C)C12. The van der Waals surface area contributed by atoms with Gasteiger partial charge in [0.1, 0.15) is 0 Å². The summed E-state index contributed by atoms with van der Waals surface area (Å²) in [5, 5.41) is 11.0. The molecule has 0 bridgehead atoms. The molecule has 5 fully saturated rings. The number of carbonyl (C=O) groups is 2. The van der Waals surface area contributed by atoms with E-state index in [1.807, 2.05) is 0 Å². The number of hydrogen-bond acceptors (Lipinski definition) is 5. The van der Waals surface area contributed by atoms with Gasteiger partial charge in [0.05, 0.1) is 18.1 Å². The van der Waals surface area contributed by atoms with E-state index in [2.05, 4.69) is 53.9 Å². The maximum atomic E-state index is 14.0. The molecule has 0 amide bonds. The molecule has 10 atom stereocenters. The topological polar surface area (TPSA) is 72.8 Å². The summed E-state index contributed by atoms with van der Waals surface area (Å²) in [7, 11) is 0. The van der Waals surface area contributed by atoms with Crippen molar-refractivity contribution >= 4 is 11.9 Å². The van der Waals surface area contributed by atoms with Crippen LogP contribution in [0.5, 0.6) is 0 Å². The molecule has 0 aliphatic heterocycles. The van der Waals surface area contributed by atoms with Crippen LogP contribution >= 0.6 is 0 Å². The van der Waals surface area contributed by atoms with E-state index in [1.54, 1.807) is 6.92 Å². The molecule has 0 spiro atoms. The molecule has 10 unspecified atom stereocenters. The summed E-state index contributed by atoms with van der Waals surface area (Å²) in [4.78, 5) is 26.0. The first-order valence-corrected chi connectivity index (χ1v) is 16.1. The summed E-state index contributed by atoms with van der Waals surface area (Å²) in [6.45, 7) is 20.2. The van der Waals surface area contributed by atoms with E-state index < -0.39 is 11.4 Å². The van der Waals surface area contributed by atoms with Crippen molar-refractivity contribution in [2.45, 2.75) is 119 Å². The van der Waals surface area contributed by atoms with Gasteiger partial charge in [0.2, 0.25) is 0 Å². The number of ether oxygens (including phenoxy) is 2. The van der Waals surface area contributed by atoms with Crippen LogP contribution in [0, 0.1) is 56.7 Å². The molecular formula is C35H54O5. The predicted molar refractivity (Wildman–Crippen MR) is 156 cm³/mol. The van der Waals surface area contributed by atoms with Gasteiger partial charge in [-0.25, -0.2) is 4.79 Å². The number of aliphatic hydroxyl groups is 1. The fraction of sp³-hybridized carbons (Fsp3) is 0.857. The molecule has 224 valence electrons. The van der Waals surface area contributed by atoms with Gasteiger partial charge in [0.15, 0.2) is 6.61 Å². The van der Waals surface area contributed by atoms with Crippen molar-refractivity contribution in [2.75, 3.05) is 13.2 Å². The quantitative estimate of drug-likeness (QED) is 0.286. The fourth-order valence-corrected chi connectivity index (χ4v) is 12.0. The lowest BCUT2D eigenvalue weighted by Crippen LogP contribution is -2.67. The Morgan fingerprint density at radius 2 is 1.60 bits per heavy atom. The summed E-state index contributed by atoms with van der Waals surface area (Å²) in [6.07, 6.45) is 10.1. The third-order valence-electron chi connectivity index (χ3n) is 14.3. The van der Waals surface area contributed by atoms with E-state index >= 15 is 0 Å². The molecule has 0 saturated heterocycles. The Morgan fingerprint density at radius 1 is 0.875 bits per heavy atom. The minimum atomic E-state index is -0.555. The zero-order valence-corrected chi connectivity index (χ0v) is 26.2. The largest absolute Gasteiger partial charge is 0.463 e. The molecule has 1 N–H and O–H groups in total. The van der Waals surface area contributed by atoms with E-state index in [1.165, 1.54) is 24.8 Å². The summed E-state index contributed by atoms with van der Waals surface area (Å²) >= 11 is 0. The number of hydrogen-bond donors (Lipinski definition) is 1. The van der Waals surface area contributed by atoms with Crippen molar-refractivity contribution in [3.8, 4) is 0 Å². The average molecular weight is 555 g/mol. The molecule has 5 nitrogen and oxygen atoms in total. The van der Waals surface area contributed by atoms with Gasteiger partial charge in [-0.1, -0.05) is 41.2 Å². The molecule has 5 saturated carbocycles. The maximum Gasteiger partial charge on any atom is 0.344 e. The Balaban J connectivity index is 1.51. The van der Waals surface area contributed by atoms with Gasteiger partial charge in [-0.3, -0.25) is 4.79 Å². The third kappa shape index (κ3) is 3.96. The molecule has 5 rings (SSSR count). The Kier molecular flexibility index (Phi) is 7.48. The Bertz CT molecular complexity index is 1090. The molecule has 0 aromatic heterocycles. The minimum Gasteiger partial charge on any atom is -0.463 e. The van der Waals surface area contributed by atoms with E-state index in [0.717, 1.165) is 44.9 Å². The van der Waals surface area contributed by atoms with Gasteiger partial charge in [0.25, 0.3) is 0 Å². The van der Waals surface area contributed by atoms with Gasteiger partial charge in [-0.15, -0.1) is 5.73 Å². The molecule has 5 aliphatic rings. The number of carbonyl (C=O) groups excluding carboxylic acids is 2. The highest BCUT2D eigenvalue weighted by Crippen LogP contribution is 2.77. The van der Waals surface area contributed by atoms with Crippen molar-refractivity contribution < 1.29 is 24.2 Å². The lowest BCUT2D eigenvalue weighted by Gasteiger charge is -2.72. The number of fused-ring (bicyclic) bond motifs is 7.